The molecule has 0 aromatic heterocycles. The average Bonchev–Trinajstić information content (AvgIpc) is 2.63. The minimum Gasteiger partial charge on any atom is -0.318 e. The summed E-state index contributed by atoms with van der Waals surface area (Å²) >= 11 is 1.11. The van der Waals surface area contributed by atoms with Gasteiger partial charge < -0.3 is 5.32 Å². The first-order valence-electron chi connectivity index (χ1n) is 5.62. The summed E-state index contributed by atoms with van der Waals surface area (Å²) in [6, 6.07) is 3.50. The van der Waals surface area contributed by atoms with E-state index in [0.717, 1.165) is 17.3 Å². The molecular weight excluding hydrogens is 262 g/mol. The van der Waals surface area contributed by atoms with Crippen molar-refractivity contribution in [1.29, 1.82) is 0 Å². The van der Waals surface area contributed by atoms with Gasteiger partial charge in [-0.3, -0.25) is 14.4 Å². The van der Waals surface area contributed by atoms with E-state index < -0.39 is 11.7 Å². The number of aryl methyl sites for hydroxylation is 1. The number of ketones is 1. The van der Waals surface area contributed by atoms with E-state index in [1.165, 1.54) is 6.92 Å². The zero-order valence-corrected chi connectivity index (χ0v) is 11.3. The molecular formula is C14H11NO3S. The number of carbonyl (C=O) groups excluding carboxylic acids is 3. The Hall–Kier alpha value is -2.06. The monoisotopic (exact) mass is 273 g/mol. The standard InChI is InChI=1S/C14H11NO3S/c1-8-5-6-11-12(13(17)14(18)15-11)10(8)4-3-7-19-9(2)16/h5-6H,7H2,1-2H3,(H,15,17,18). The van der Waals surface area contributed by atoms with Crippen LogP contribution in [0.5, 0.6) is 0 Å². The van der Waals surface area contributed by atoms with Crippen LogP contribution in [0.2, 0.25) is 0 Å². The van der Waals surface area contributed by atoms with E-state index in [1.807, 2.05) is 6.92 Å². The van der Waals surface area contributed by atoms with Crippen LogP contribution in [0.15, 0.2) is 12.1 Å². The number of nitrogens with one attached hydrogen (secondary N) is 1. The van der Waals surface area contributed by atoms with Crippen molar-refractivity contribution in [2.75, 3.05) is 11.1 Å². The number of benzene rings is 1. The predicted molar refractivity (Wildman–Crippen MR) is 74.2 cm³/mol. The molecule has 0 saturated heterocycles. The van der Waals surface area contributed by atoms with E-state index in [0.29, 0.717) is 22.6 Å². The quantitative estimate of drug-likeness (QED) is 0.625. The van der Waals surface area contributed by atoms with Crippen molar-refractivity contribution in [3.8, 4) is 11.8 Å². The molecule has 0 radical (unpaired) electrons. The van der Waals surface area contributed by atoms with Crippen LogP contribution < -0.4 is 5.32 Å². The number of carbonyl (C=O) groups is 3. The predicted octanol–water partition coefficient (Wildman–Crippen LogP) is 1.76. The highest BCUT2D eigenvalue weighted by atomic mass is 32.2. The Morgan fingerprint density at radius 3 is 2.79 bits per heavy atom. The smallest absolute Gasteiger partial charge is 0.296 e. The van der Waals surface area contributed by atoms with Gasteiger partial charge in [-0.25, -0.2) is 0 Å². The maximum atomic E-state index is 11.8. The van der Waals surface area contributed by atoms with E-state index >= 15 is 0 Å². The molecule has 1 N–H and O–H groups in total. The van der Waals surface area contributed by atoms with Crippen LogP contribution in [0.1, 0.15) is 28.4 Å². The number of rotatable bonds is 1. The van der Waals surface area contributed by atoms with Gasteiger partial charge in [0, 0.05) is 12.5 Å². The summed E-state index contributed by atoms with van der Waals surface area (Å²) in [4.78, 5) is 33.9. The molecule has 0 aliphatic carbocycles. The molecule has 2 rings (SSSR count). The van der Waals surface area contributed by atoms with Gasteiger partial charge in [-0.2, -0.15) is 0 Å². The first kappa shape index (κ1) is 13.4. The van der Waals surface area contributed by atoms with Crippen LogP contribution in [-0.2, 0) is 9.59 Å². The molecule has 1 aliphatic heterocycles. The number of fused-ring (bicyclic) bond motifs is 1. The van der Waals surface area contributed by atoms with Crippen molar-refractivity contribution >= 4 is 34.3 Å². The molecule has 1 aromatic carbocycles. The Balaban J connectivity index is 2.36. The van der Waals surface area contributed by atoms with Gasteiger partial charge in [0.25, 0.3) is 11.7 Å². The van der Waals surface area contributed by atoms with E-state index in [1.54, 1.807) is 12.1 Å². The van der Waals surface area contributed by atoms with Crippen LogP contribution in [0.3, 0.4) is 0 Å². The Morgan fingerprint density at radius 2 is 2.11 bits per heavy atom. The SMILES string of the molecule is CC(=O)SCC#Cc1c(C)ccc2c1C(=O)C(=O)N2. The molecule has 0 unspecified atom stereocenters. The third-order valence-corrected chi connectivity index (χ3v) is 3.35. The maximum absolute atomic E-state index is 11.8. The second kappa shape index (κ2) is 5.29. The zero-order valence-electron chi connectivity index (χ0n) is 10.5. The van der Waals surface area contributed by atoms with E-state index in [4.69, 9.17) is 0 Å². The Bertz CT molecular complexity index is 653. The molecule has 0 atom stereocenters. The van der Waals surface area contributed by atoms with Crippen LogP contribution in [0.25, 0.3) is 0 Å². The second-order valence-corrected chi connectivity index (χ2v) is 5.20. The molecule has 1 amide bonds. The van der Waals surface area contributed by atoms with Gasteiger partial charge in [0.05, 0.1) is 17.0 Å². The van der Waals surface area contributed by atoms with E-state index in [9.17, 15) is 14.4 Å². The molecule has 0 bridgehead atoms. The number of amides is 1. The van der Waals surface area contributed by atoms with Crippen LogP contribution in [0.4, 0.5) is 5.69 Å². The lowest BCUT2D eigenvalue weighted by molar-refractivity contribution is -0.112. The van der Waals surface area contributed by atoms with Crippen LogP contribution in [0, 0.1) is 18.8 Å². The van der Waals surface area contributed by atoms with Crippen molar-refractivity contribution < 1.29 is 14.4 Å². The molecule has 1 heterocycles. The average molecular weight is 273 g/mol. The first-order valence-corrected chi connectivity index (χ1v) is 6.61. The third kappa shape index (κ3) is 2.69. The van der Waals surface area contributed by atoms with E-state index in [2.05, 4.69) is 17.2 Å². The van der Waals surface area contributed by atoms with Gasteiger partial charge in [-0.15, -0.1) is 0 Å². The summed E-state index contributed by atoms with van der Waals surface area (Å²) in [6.07, 6.45) is 0. The Labute approximate surface area is 115 Å². The number of Topliss-reactive ketones (excluding diaryl/α,β-unsaturated/α-hetero) is 1. The minimum atomic E-state index is -0.623. The lowest BCUT2D eigenvalue weighted by Gasteiger charge is -2.03. The Morgan fingerprint density at radius 1 is 1.37 bits per heavy atom. The summed E-state index contributed by atoms with van der Waals surface area (Å²) in [6.45, 7) is 3.31. The van der Waals surface area contributed by atoms with E-state index in [-0.39, 0.29) is 5.12 Å². The summed E-state index contributed by atoms with van der Waals surface area (Å²) in [7, 11) is 0. The Kier molecular flexibility index (Phi) is 3.72. The van der Waals surface area contributed by atoms with Crippen molar-refractivity contribution in [2.45, 2.75) is 13.8 Å². The van der Waals surface area contributed by atoms with Gasteiger partial charge in [0.1, 0.15) is 0 Å². The number of hydrogen-bond donors (Lipinski definition) is 1. The lowest BCUT2D eigenvalue weighted by atomic mass is 9.99. The molecule has 1 aromatic rings. The van der Waals surface area contributed by atoms with Gasteiger partial charge >= 0.3 is 0 Å². The van der Waals surface area contributed by atoms with Gasteiger partial charge in [0.15, 0.2) is 5.12 Å². The maximum Gasteiger partial charge on any atom is 0.296 e. The first-order chi connectivity index (χ1) is 9.00. The van der Waals surface area contributed by atoms with Gasteiger partial charge in [-0.1, -0.05) is 29.7 Å². The highest BCUT2D eigenvalue weighted by Gasteiger charge is 2.30. The highest BCUT2D eigenvalue weighted by Crippen LogP contribution is 2.28. The number of thioether (sulfide) groups is 1. The fraction of sp³-hybridized carbons (Fsp3) is 0.214. The molecule has 5 heteroatoms. The summed E-state index contributed by atoms with van der Waals surface area (Å²) in [5.74, 6) is 4.92. The van der Waals surface area contributed by atoms with Gasteiger partial charge in [0.2, 0.25) is 0 Å². The molecule has 1 aliphatic rings. The highest BCUT2D eigenvalue weighted by molar-refractivity contribution is 8.13. The summed E-state index contributed by atoms with van der Waals surface area (Å²) in [5, 5.41) is 2.51. The fourth-order valence-corrected chi connectivity index (χ4v) is 2.11. The summed E-state index contributed by atoms with van der Waals surface area (Å²) in [5.41, 5.74) is 2.24. The minimum absolute atomic E-state index is 0.00256. The van der Waals surface area contributed by atoms with Crippen molar-refractivity contribution in [3.05, 3.63) is 28.8 Å². The molecule has 4 nitrogen and oxygen atoms in total. The molecule has 19 heavy (non-hydrogen) atoms. The molecule has 0 saturated carbocycles. The molecule has 0 fully saturated rings. The third-order valence-electron chi connectivity index (χ3n) is 2.66. The molecule has 0 spiro atoms. The molecule has 96 valence electrons. The summed E-state index contributed by atoms with van der Waals surface area (Å²) < 4.78 is 0. The number of anilines is 1. The van der Waals surface area contributed by atoms with Crippen molar-refractivity contribution in [2.24, 2.45) is 0 Å². The van der Waals surface area contributed by atoms with Crippen molar-refractivity contribution in [1.82, 2.24) is 0 Å². The fourth-order valence-electron chi connectivity index (χ4n) is 1.76. The number of hydrogen-bond acceptors (Lipinski definition) is 4. The normalized spacial score (nSPS) is 12.5. The second-order valence-electron chi connectivity index (χ2n) is 4.05. The van der Waals surface area contributed by atoms with Crippen LogP contribution >= 0.6 is 11.8 Å². The largest absolute Gasteiger partial charge is 0.318 e. The van der Waals surface area contributed by atoms with Gasteiger partial charge in [-0.05, 0) is 18.6 Å². The topological polar surface area (TPSA) is 63.2 Å². The van der Waals surface area contributed by atoms with Crippen molar-refractivity contribution in [3.63, 3.8) is 0 Å². The lowest BCUT2D eigenvalue weighted by Crippen LogP contribution is -2.13. The van der Waals surface area contributed by atoms with Crippen LogP contribution in [-0.4, -0.2) is 22.6 Å². The zero-order chi connectivity index (χ0) is 14.0.